The summed E-state index contributed by atoms with van der Waals surface area (Å²) in [7, 11) is 0. The standard InChI is InChI=1S/C15H16FN2O2.3CH3.Sn/c1-15(2)18(13(19)8-9-17)12(10-16)14(20-15)11-6-4-3-5-7-11;;;;/h4-7,12,14H,8,10H2,1-2H3;3*1H3;/t12-,14-;;;;/m1..../s1. The number of hydrogen-bond acceptors (Lipinski definition) is 3. The number of ether oxygens (including phenoxy) is 1. The van der Waals surface area contributed by atoms with E-state index in [1.54, 1.807) is 13.8 Å². The van der Waals surface area contributed by atoms with Crippen LogP contribution in [0.1, 0.15) is 31.9 Å². The Labute approximate surface area is 147 Å². The van der Waals surface area contributed by atoms with Gasteiger partial charge in [-0.05, 0) is 0 Å². The Kier molecular flexibility index (Phi) is 5.60. The van der Waals surface area contributed by atoms with Crippen molar-refractivity contribution >= 4 is 27.9 Å². The van der Waals surface area contributed by atoms with Gasteiger partial charge in [0.25, 0.3) is 0 Å². The second-order valence-corrected chi connectivity index (χ2v) is 22.2. The molecule has 1 aliphatic rings. The van der Waals surface area contributed by atoms with E-state index in [4.69, 9.17) is 10.00 Å². The van der Waals surface area contributed by atoms with Gasteiger partial charge in [0.2, 0.25) is 0 Å². The van der Waals surface area contributed by atoms with Crippen molar-refractivity contribution in [1.29, 1.82) is 5.26 Å². The molecule has 0 spiro atoms. The second-order valence-electron chi connectivity index (χ2n) is 7.68. The van der Waals surface area contributed by atoms with Gasteiger partial charge in [0.05, 0.1) is 0 Å². The van der Waals surface area contributed by atoms with E-state index in [1.165, 1.54) is 8.48 Å². The average Bonchev–Trinajstić information content (AvgIpc) is 2.77. The molecule has 0 N–H and O–H groups in total. The SMILES string of the molecule is CC1(C)O[C@H](c2cc[c]([Sn]([CH3])([CH3])[CH3])cc2)[C@@H](CF)N1C(=O)CC#N. The zero-order valence-corrected chi connectivity index (χ0v) is 17.8. The molecule has 1 aliphatic heterocycles. The number of alkyl halides is 1. The molecule has 1 saturated heterocycles. The normalized spacial score (nSPS) is 23.1. The fourth-order valence-corrected chi connectivity index (χ4v) is 6.56. The number of carbonyl (C=O) groups excluding carboxylic acids is 1. The predicted molar refractivity (Wildman–Crippen MR) is 94.2 cm³/mol. The summed E-state index contributed by atoms with van der Waals surface area (Å²) >= 11 is -2.14. The molecular formula is C18H25FN2O2Sn. The summed E-state index contributed by atoms with van der Waals surface area (Å²) in [6, 6.07) is 9.33. The summed E-state index contributed by atoms with van der Waals surface area (Å²) < 4.78 is 21.2. The maximum atomic E-state index is 13.8. The molecule has 0 bridgehead atoms. The van der Waals surface area contributed by atoms with Crippen LogP contribution in [0.4, 0.5) is 4.39 Å². The molecule has 2 rings (SSSR count). The summed E-state index contributed by atoms with van der Waals surface area (Å²) in [5.74, 6) is -0.393. The average molecular weight is 439 g/mol. The van der Waals surface area contributed by atoms with Crippen molar-refractivity contribution in [2.75, 3.05) is 6.67 Å². The number of hydrogen-bond donors (Lipinski definition) is 0. The van der Waals surface area contributed by atoms with Gasteiger partial charge in [0, 0.05) is 0 Å². The third-order valence-corrected chi connectivity index (χ3v) is 10.3. The van der Waals surface area contributed by atoms with Gasteiger partial charge >= 0.3 is 147 Å². The maximum absolute atomic E-state index is 13.8. The number of nitrogens with zero attached hydrogens (tertiary/aromatic N) is 2. The van der Waals surface area contributed by atoms with Gasteiger partial charge in [-0.1, -0.05) is 0 Å². The Morgan fingerprint density at radius 3 is 2.38 bits per heavy atom. The summed E-state index contributed by atoms with van der Waals surface area (Å²) in [6.07, 6.45) is -0.787. The van der Waals surface area contributed by atoms with Crippen LogP contribution in [-0.2, 0) is 9.53 Å². The minimum atomic E-state index is -2.14. The molecular weight excluding hydrogens is 414 g/mol. The van der Waals surface area contributed by atoms with Gasteiger partial charge in [-0.25, -0.2) is 0 Å². The molecule has 0 aromatic heterocycles. The molecule has 0 radical (unpaired) electrons. The van der Waals surface area contributed by atoms with Gasteiger partial charge in [0.1, 0.15) is 0 Å². The van der Waals surface area contributed by atoms with Crippen LogP contribution in [0.3, 0.4) is 0 Å². The Morgan fingerprint density at radius 2 is 1.92 bits per heavy atom. The van der Waals surface area contributed by atoms with Crippen molar-refractivity contribution in [2.24, 2.45) is 0 Å². The fraction of sp³-hybridized carbons (Fsp3) is 0.556. The monoisotopic (exact) mass is 440 g/mol. The van der Waals surface area contributed by atoms with Crippen molar-refractivity contribution < 1.29 is 13.9 Å². The third-order valence-electron chi connectivity index (χ3n) is 4.44. The molecule has 4 nitrogen and oxygen atoms in total. The predicted octanol–water partition coefficient (Wildman–Crippen LogP) is 3.12. The van der Waals surface area contributed by atoms with Crippen molar-refractivity contribution in [3.8, 4) is 6.07 Å². The van der Waals surface area contributed by atoms with Crippen molar-refractivity contribution in [1.82, 2.24) is 4.90 Å². The van der Waals surface area contributed by atoms with Crippen LogP contribution in [0.15, 0.2) is 24.3 Å². The van der Waals surface area contributed by atoms with Gasteiger partial charge in [-0.3, -0.25) is 0 Å². The van der Waals surface area contributed by atoms with Crippen molar-refractivity contribution in [2.45, 2.75) is 53.0 Å². The quantitative estimate of drug-likeness (QED) is 0.678. The number of rotatable bonds is 4. The minimum absolute atomic E-state index is 0.270. The Hall–Kier alpha value is -1.13. The molecule has 1 aromatic carbocycles. The van der Waals surface area contributed by atoms with Crippen molar-refractivity contribution in [3.63, 3.8) is 0 Å². The van der Waals surface area contributed by atoms with E-state index in [-0.39, 0.29) is 6.42 Å². The van der Waals surface area contributed by atoms with Crippen molar-refractivity contribution in [3.05, 3.63) is 29.8 Å². The van der Waals surface area contributed by atoms with Crippen LogP contribution in [-0.4, -0.2) is 47.6 Å². The first-order chi connectivity index (χ1) is 11.1. The van der Waals surface area contributed by atoms with E-state index in [0.717, 1.165) is 5.56 Å². The first kappa shape index (κ1) is 19.2. The molecule has 130 valence electrons. The number of carbonyl (C=O) groups is 1. The molecule has 24 heavy (non-hydrogen) atoms. The van der Waals surface area contributed by atoms with Gasteiger partial charge in [0.15, 0.2) is 0 Å². The van der Waals surface area contributed by atoms with Crippen LogP contribution in [0, 0.1) is 11.3 Å². The van der Waals surface area contributed by atoms with E-state index in [9.17, 15) is 9.18 Å². The van der Waals surface area contributed by atoms with E-state index in [1.807, 2.05) is 18.2 Å². The van der Waals surface area contributed by atoms with Crippen LogP contribution < -0.4 is 3.58 Å². The Balaban J connectivity index is 2.34. The third kappa shape index (κ3) is 3.75. The number of nitriles is 1. The van der Waals surface area contributed by atoms with Crippen LogP contribution >= 0.6 is 0 Å². The van der Waals surface area contributed by atoms with E-state index in [2.05, 4.69) is 27.0 Å². The first-order valence-electron chi connectivity index (χ1n) is 8.15. The van der Waals surface area contributed by atoms with Crippen LogP contribution in [0.5, 0.6) is 0 Å². The molecule has 0 aliphatic carbocycles. The molecule has 2 atom stereocenters. The molecule has 1 fully saturated rings. The molecule has 1 amide bonds. The zero-order valence-electron chi connectivity index (χ0n) is 15.0. The summed E-state index contributed by atoms with van der Waals surface area (Å²) in [5, 5.41) is 8.79. The summed E-state index contributed by atoms with van der Waals surface area (Å²) in [6.45, 7) is 2.78. The van der Waals surface area contributed by atoms with E-state index < -0.39 is 48.8 Å². The van der Waals surface area contributed by atoms with E-state index >= 15 is 0 Å². The second kappa shape index (κ2) is 7.01. The molecule has 6 heteroatoms. The number of halogens is 1. The van der Waals surface area contributed by atoms with Gasteiger partial charge in [-0.2, -0.15) is 0 Å². The number of amides is 1. The molecule has 1 aromatic rings. The number of benzene rings is 1. The Bertz CT molecular complexity index is 646. The molecule has 1 heterocycles. The van der Waals surface area contributed by atoms with Gasteiger partial charge in [-0.15, -0.1) is 0 Å². The van der Waals surface area contributed by atoms with Gasteiger partial charge < -0.3 is 0 Å². The molecule has 0 saturated carbocycles. The topological polar surface area (TPSA) is 53.3 Å². The Morgan fingerprint density at radius 1 is 1.33 bits per heavy atom. The van der Waals surface area contributed by atoms with Crippen LogP contribution in [0.25, 0.3) is 0 Å². The fourth-order valence-electron chi connectivity index (χ4n) is 3.23. The van der Waals surface area contributed by atoms with Crippen LogP contribution in [0.2, 0.25) is 14.8 Å². The summed E-state index contributed by atoms with van der Waals surface area (Å²) in [5.41, 5.74) is -0.0608. The molecule has 0 unspecified atom stereocenters. The first-order valence-corrected chi connectivity index (χ1v) is 18.1. The summed E-state index contributed by atoms with van der Waals surface area (Å²) in [4.78, 5) is 20.7. The zero-order chi connectivity index (χ0) is 18.1. The van der Waals surface area contributed by atoms with E-state index in [0.29, 0.717) is 0 Å².